The molecule has 1 aliphatic heterocycles. The average Bonchev–Trinajstić information content (AvgIpc) is 2.66. The van der Waals surface area contributed by atoms with Crippen molar-refractivity contribution in [3.8, 4) is 0 Å². The molecular formula is C20H16ClFN2O2S. The zero-order chi connectivity index (χ0) is 19.0. The molecular weight excluding hydrogens is 387 g/mol. The van der Waals surface area contributed by atoms with Gasteiger partial charge in [-0.1, -0.05) is 54.1 Å². The number of benzene rings is 3. The quantitative estimate of drug-likeness (QED) is 0.685. The third-order valence-electron chi connectivity index (χ3n) is 4.51. The van der Waals surface area contributed by atoms with E-state index in [4.69, 9.17) is 11.6 Å². The SMILES string of the molecule is O=S1(=O)c2ccccc2NC(c2ccccc2Cl)N1Cc1ccc(F)cc1. The van der Waals surface area contributed by atoms with Crippen LogP contribution in [0.4, 0.5) is 10.1 Å². The molecule has 0 amide bonds. The van der Waals surface area contributed by atoms with Crippen LogP contribution in [0.1, 0.15) is 17.3 Å². The largest absolute Gasteiger partial charge is 0.364 e. The van der Waals surface area contributed by atoms with E-state index < -0.39 is 16.2 Å². The summed E-state index contributed by atoms with van der Waals surface area (Å²) in [6, 6.07) is 19.7. The van der Waals surface area contributed by atoms with Gasteiger partial charge < -0.3 is 5.32 Å². The van der Waals surface area contributed by atoms with Crippen molar-refractivity contribution in [1.29, 1.82) is 0 Å². The number of para-hydroxylation sites is 1. The first-order valence-corrected chi connectivity index (χ1v) is 10.1. The number of hydrogen-bond acceptors (Lipinski definition) is 3. The Bertz CT molecular complexity index is 1090. The average molecular weight is 403 g/mol. The van der Waals surface area contributed by atoms with Crippen molar-refractivity contribution in [3.05, 3.63) is 94.8 Å². The second-order valence-electron chi connectivity index (χ2n) is 6.24. The lowest BCUT2D eigenvalue weighted by atomic mass is 10.1. The second-order valence-corrected chi connectivity index (χ2v) is 8.51. The maximum absolute atomic E-state index is 13.3. The van der Waals surface area contributed by atoms with Crippen LogP contribution >= 0.6 is 11.6 Å². The molecule has 4 nitrogen and oxygen atoms in total. The minimum atomic E-state index is -3.79. The molecule has 1 unspecified atom stereocenters. The van der Waals surface area contributed by atoms with Gasteiger partial charge in [-0.05, 0) is 35.9 Å². The zero-order valence-electron chi connectivity index (χ0n) is 14.1. The monoisotopic (exact) mass is 402 g/mol. The Hall–Kier alpha value is -2.41. The zero-order valence-corrected chi connectivity index (χ0v) is 15.7. The van der Waals surface area contributed by atoms with E-state index >= 15 is 0 Å². The van der Waals surface area contributed by atoms with Crippen molar-refractivity contribution in [2.24, 2.45) is 0 Å². The summed E-state index contributed by atoms with van der Waals surface area (Å²) in [5, 5.41) is 3.75. The molecule has 0 spiro atoms. The van der Waals surface area contributed by atoms with Crippen molar-refractivity contribution in [1.82, 2.24) is 4.31 Å². The van der Waals surface area contributed by atoms with E-state index in [0.29, 0.717) is 21.8 Å². The van der Waals surface area contributed by atoms with Crippen LogP contribution in [0.2, 0.25) is 5.02 Å². The van der Waals surface area contributed by atoms with E-state index in [1.807, 2.05) is 6.07 Å². The summed E-state index contributed by atoms with van der Waals surface area (Å²) in [7, 11) is -3.79. The van der Waals surface area contributed by atoms with Crippen molar-refractivity contribution in [3.63, 3.8) is 0 Å². The normalized spacial score (nSPS) is 18.5. The van der Waals surface area contributed by atoms with E-state index in [2.05, 4.69) is 5.32 Å². The lowest BCUT2D eigenvalue weighted by Gasteiger charge is -2.37. The molecule has 7 heteroatoms. The van der Waals surface area contributed by atoms with Crippen molar-refractivity contribution >= 4 is 27.3 Å². The molecule has 27 heavy (non-hydrogen) atoms. The van der Waals surface area contributed by atoms with Crippen molar-refractivity contribution in [2.45, 2.75) is 17.6 Å². The maximum Gasteiger partial charge on any atom is 0.247 e. The first-order valence-electron chi connectivity index (χ1n) is 8.33. The number of hydrogen-bond donors (Lipinski definition) is 1. The molecule has 1 atom stereocenters. The Kier molecular flexibility index (Phi) is 4.63. The Labute approximate surface area is 162 Å². The number of halogens is 2. The fourth-order valence-electron chi connectivity index (χ4n) is 3.17. The van der Waals surface area contributed by atoms with Crippen molar-refractivity contribution in [2.75, 3.05) is 5.32 Å². The van der Waals surface area contributed by atoms with Crippen LogP contribution in [0, 0.1) is 5.82 Å². The van der Waals surface area contributed by atoms with E-state index in [1.165, 1.54) is 16.4 Å². The number of sulfonamides is 1. The fourth-order valence-corrected chi connectivity index (χ4v) is 5.08. The molecule has 0 aromatic heterocycles. The molecule has 0 aliphatic carbocycles. The van der Waals surface area contributed by atoms with Gasteiger partial charge in [0.05, 0.1) is 5.69 Å². The third kappa shape index (κ3) is 3.32. The Morgan fingerprint density at radius 1 is 0.963 bits per heavy atom. The summed E-state index contributed by atoms with van der Waals surface area (Å²) >= 11 is 6.36. The molecule has 4 rings (SSSR count). The van der Waals surface area contributed by atoms with Gasteiger partial charge in [0.15, 0.2) is 0 Å². The minimum Gasteiger partial charge on any atom is -0.364 e. The van der Waals surface area contributed by atoms with Gasteiger partial charge in [0, 0.05) is 17.1 Å². The highest BCUT2D eigenvalue weighted by Crippen LogP contribution is 2.40. The van der Waals surface area contributed by atoms with Gasteiger partial charge >= 0.3 is 0 Å². The molecule has 1 N–H and O–H groups in total. The van der Waals surface area contributed by atoms with Gasteiger partial charge in [0.2, 0.25) is 10.0 Å². The van der Waals surface area contributed by atoms with Gasteiger partial charge in [-0.15, -0.1) is 0 Å². The highest BCUT2D eigenvalue weighted by Gasteiger charge is 2.39. The standard InChI is InChI=1S/C20H16ClFN2O2S/c21-17-6-2-1-5-16(17)20-23-18-7-3-4-8-19(18)27(25,26)24(20)13-14-9-11-15(22)12-10-14/h1-12,20,23H,13H2. The van der Waals surface area contributed by atoms with Crippen LogP contribution < -0.4 is 5.32 Å². The predicted octanol–water partition coefficient (Wildman–Crippen LogP) is 4.79. The van der Waals surface area contributed by atoms with Crippen LogP contribution in [-0.2, 0) is 16.6 Å². The molecule has 1 aliphatic rings. The Morgan fingerprint density at radius 2 is 1.63 bits per heavy atom. The first-order chi connectivity index (χ1) is 13.0. The molecule has 0 saturated carbocycles. The number of fused-ring (bicyclic) bond motifs is 1. The van der Waals surface area contributed by atoms with Gasteiger partial charge in [-0.25, -0.2) is 12.8 Å². The summed E-state index contributed by atoms with van der Waals surface area (Å²) in [4.78, 5) is 0.204. The molecule has 0 fully saturated rings. The third-order valence-corrected chi connectivity index (χ3v) is 6.72. The van der Waals surface area contributed by atoms with Crippen LogP contribution in [0.3, 0.4) is 0 Å². The molecule has 3 aromatic rings. The number of nitrogens with zero attached hydrogens (tertiary/aromatic N) is 1. The summed E-state index contributed by atoms with van der Waals surface area (Å²) in [6.45, 7) is 0.0832. The lowest BCUT2D eigenvalue weighted by Crippen LogP contribution is -2.42. The second kappa shape index (κ2) is 6.96. The summed E-state index contributed by atoms with van der Waals surface area (Å²) < 4.78 is 41.3. The van der Waals surface area contributed by atoms with Gasteiger partial charge in [0.1, 0.15) is 16.9 Å². The van der Waals surface area contributed by atoms with E-state index in [9.17, 15) is 12.8 Å². The minimum absolute atomic E-state index is 0.0832. The lowest BCUT2D eigenvalue weighted by molar-refractivity contribution is 0.336. The molecule has 0 radical (unpaired) electrons. The van der Waals surface area contributed by atoms with Gasteiger partial charge in [-0.2, -0.15) is 4.31 Å². The number of rotatable bonds is 3. The fraction of sp³-hybridized carbons (Fsp3) is 0.100. The van der Waals surface area contributed by atoms with Crippen LogP contribution in [0.25, 0.3) is 0 Å². The highest BCUT2D eigenvalue weighted by atomic mass is 35.5. The van der Waals surface area contributed by atoms with Crippen LogP contribution in [0.15, 0.2) is 77.7 Å². The van der Waals surface area contributed by atoms with Crippen LogP contribution in [-0.4, -0.2) is 12.7 Å². The van der Waals surface area contributed by atoms with Crippen LogP contribution in [0.5, 0.6) is 0 Å². The number of nitrogens with one attached hydrogen (secondary N) is 1. The van der Waals surface area contributed by atoms with Crippen molar-refractivity contribution < 1.29 is 12.8 Å². The van der Waals surface area contributed by atoms with E-state index in [1.54, 1.807) is 54.6 Å². The van der Waals surface area contributed by atoms with Gasteiger partial charge in [-0.3, -0.25) is 0 Å². The van der Waals surface area contributed by atoms with Gasteiger partial charge in [0.25, 0.3) is 0 Å². The molecule has 3 aromatic carbocycles. The molecule has 0 saturated heterocycles. The maximum atomic E-state index is 13.3. The number of anilines is 1. The molecule has 138 valence electrons. The Balaban J connectivity index is 1.84. The van der Waals surface area contributed by atoms with E-state index in [0.717, 1.165) is 0 Å². The summed E-state index contributed by atoms with van der Waals surface area (Å²) in [6.07, 6.45) is -0.677. The first kappa shape index (κ1) is 18.0. The van der Waals surface area contributed by atoms with E-state index in [-0.39, 0.29) is 17.3 Å². The topological polar surface area (TPSA) is 49.4 Å². The summed E-state index contributed by atoms with van der Waals surface area (Å²) in [5.41, 5.74) is 1.86. The smallest absolute Gasteiger partial charge is 0.247 e. The predicted molar refractivity (Wildman–Crippen MR) is 103 cm³/mol. The summed E-state index contributed by atoms with van der Waals surface area (Å²) in [5.74, 6) is -0.369. The molecule has 1 heterocycles. The Morgan fingerprint density at radius 3 is 2.37 bits per heavy atom. The highest BCUT2D eigenvalue weighted by molar-refractivity contribution is 7.89. The molecule has 0 bridgehead atoms.